The Morgan fingerprint density at radius 3 is 2.56 bits per heavy atom. The molecule has 1 atom stereocenters. The summed E-state index contributed by atoms with van der Waals surface area (Å²) in [6.07, 6.45) is 13.6. The molecule has 1 nitrogen and oxygen atoms in total. The molecule has 0 saturated heterocycles. The maximum Gasteiger partial charge on any atom is 0.0356 e. The second-order valence-corrected chi connectivity index (χ2v) is 5.11. The minimum absolute atomic E-state index is 0.471. The molecule has 1 unspecified atom stereocenters. The first-order valence-corrected chi connectivity index (χ1v) is 6.52. The highest BCUT2D eigenvalue weighted by molar-refractivity contribution is 9.09. The predicted octanol–water partition coefficient (Wildman–Crippen LogP) is 4.64. The molecule has 0 fully saturated rings. The van der Waals surface area contributed by atoms with E-state index in [2.05, 4.69) is 54.2 Å². The van der Waals surface area contributed by atoms with E-state index in [9.17, 15) is 0 Å². The molecule has 90 valence electrons. The van der Waals surface area contributed by atoms with Crippen LogP contribution in [-0.4, -0.2) is 16.8 Å². The zero-order chi connectivity index (χ0) is 12.4. The SMILES string of the molecule is C=C/C(=C\CCCC=CC(C)Br)N(C)C=C. The van der Waals surface area contributed by atoms with Gasteiger partial charge in [0.05, 0.1) is 0 Å². The van der Waals surface area contributed by atoms with Crippen LogP contribution >= 0.6 is 15.9 Å². The van der Waals surface area contributed by atoms with Gasteiger partial charge in [-0.05, 0) is 38.5 Å². The summed E-state index contributed by atoms with van der Waals surface area (Å²) < 4.78 is 0. The van der Waals surface area contributed by atoms with E-state index in [1.165, 1.54) is 6.42 Å². The van der Waals surface area contributed by atoms with Crippen molar-refractivity contribution in [2.45, 2.75) is 31.0 Å². The molecular weight excluding hydrogens is 262 g/mol. The van der Waals surface area contributed by atoms with Crippen LogP contribution in [0.4, 0.5) is 0 Å². The minimum Gasteiger partial charge on any atom is -0.352 e. The Hall–Kier alpha value is -0.760. The molecule has 0 aliphatic heterocycles. The summed E-state index contributed by atoms with van der Waals surface area (Å²) in [6, 6.07) is 0. The fourth-order valence-corrected chi connectivity index (χ4v) is 1.46. The first-order valence-electron chi connectivity index (χ1n) is 5.60. The molecule has 0 heterocycles. The number of halogens is 1. The van der Waals surface area contributed by atoms with E-state index in [0.717, 1.165) is 18.5 Å². The molecule has 0 aromatic heterocycles. The van der Waals surface area contributed by atoms with Crippen LogP contribution in [0.5, 0.6) is 0 Å². The first-order chi connectivity index (χ1) is 7.61. The zero-order valence-electron chi connectivity index (χ0n) is 10.3. The standard InChI is InChI=1S/C14H22BrN/c1-5-14(16(4)6-2)12-10-8-7-9-11-13(3)15/h5-6,9,11-13H,1-2,7-8,10H2,3-4H3/b11-9?,14-12+. The number of hydrogen-bond donors (Lipinski definition) is 0. The summed E-state index contributed by atoms with van der Waals surface area (Å²) in [5.41, 5.74) is 1.12. The van der Waals surface area contributed by atoms with Crippen LogP contribution < -0.4 is 0 Å². The molecule has 0 amide bonds. The summed E-state index contributed by atoms with van der Waals surface area (Å²) >= 11 is 3.48. The van der Waals surface area contributed by atoms with Gasteiger partial charge in [0.25, 0.3) is 0 Å². The van der Waals surface area contributed by atoms with Crippen molar-refractivity contribution in [1.29, 1.82) is 0 Å². The summed E-state index contributed by atoms with van der Waals surface area (Å²) in [5.74, 6) is 0. The van der Waals surface area contributed by atoms with Gasteiger partial charge < -0.3 is 4.90 Å². The number of nitrogens with zero attached hydrogens (tertiary/aromatic N) is 1. The number of allylic oxidation sites excluding steroid dienone is 4. The minimum atomic E-state index is 0.471. The molecule has 0 aromatic carbocycles. The zero-order valence-corrected chi connectivity index (χ0v) is 11.9. The fraction of sp³-hybridized carbons (Fsp3) is 0.429. The topological polar surface area (TPSA) is 3.24 Å². The van der Waals surface area contributed by atoms with Crippen LogP contribution in [-0.2, 0) is 0 Å². The van der Waals surface area contributed by atoms with E-state index in [1.807, 2.05) is 18.0 Å². The maximum atomic E-state index is 3.79. The molecule has 0 spiro atoms. The molecule has 0 aliphatic carbocycles. The monoisotopic (exact) mass is 283 g/mol. The number of alkyl halides is 1. The molecule has 0 saturated carbocycles. The number of rotatable bonds is 8. The van der Waals surface area contributed by atoms with Crippen molar-refractivity contribution in [1.82, 2.24) is 4.90 Å². The van der Waals surface area contributed by atoms with Crippen molar-refractivity contribution >= 4 is 15.9 Å². The lowest BCUT2D eigenvalue weighted by Gasteiger charge is -2.14. The normalized spacial score (nSPS) is 13.8. The van der Waals surface area contributed by atoms with Gasteiger partial charge in [-0.3, -0.25) is 0 Å². The van der Waals surface area contributed by atoms with Crippen LogP contribution in [0.15, 0.2) is 49.4 Å². The molecule has 0 radical (unpaired) electrons. The summed E-state index contributed by atoms with van der Waals surface area (Å²) in [6.45, 7) is 9.63. The Bertz CT molecular complexity index is 264. The predicted molar refractivity (Wildman–Crippen MR) is 77.6 cm³/mol. The molecular formula is C14H22BrN. The third-order valence-corrected chi connectivity index (χ3v) is 2.53. The molecule has 16 heavy (non-hydrogen) atoms. The fourth-order valence-electron chi connectivity index (χ4n) is 1.25. The van der Waals surface area contributed by atoms with E-state index in [-0.39, 0.29) is 0 Å². The maximum absolute atomic E-state index is 3.79. The Morgan fingerprint density at radius 1 is 1.38 bits per heavy atom. The van der Waals surface area contributed by atoms with E-state index in [1.54, 1.807) is 6.20 Å². The van der Waals surface area contributed by atoms with Crippen LogP contribution in [0.2, 0.25) is 0 Å². The highest BCUT2D eigenvalue weighted by Crippen LogP contribution is 2.08. The number of unbranched alkanes of at least 4 members (excludes halogenated alkanes) is 2. The van der Waals surface area contributed by atoms with Crippen LogP contribution in [0.3, 0.4) is 0 Å². The summed E-state index contributed by atoms with van der Waals surface area (Å²) in [4.78, 5) is 2.45. The van der Waals surface area contributed by atoms with Crippen molar-refractivity contribution in [2.75, 3.05) is 7.05 Å². The first kappa shape index (κ1) is 15.2. The highest BCUT2D eigenvalue weighted by Gasteiger charge is 1.94. The lowest BCUT2D eigenvalue weighted by molar-refractivity contribution is 0.585. The van der Waals surface area contributed by atoms with Crippen molar-refractivity contribution < 1.29 is 0 Å². The van der Waals surface area contributed by atoms with Crippen molar-refractivity contribution in [3.05, 3.63) is 49.4 Å². The molecule has 2 heteroatoms. The molecule has 0 bridgehead atoms. The van der Waals surface area contributed by atoms with Crippen molar-refractivity contribution in [3.8, 4) is 0 Å². The van der Waals surface area contributed by atoms with Crippen molar-refractivity contribution in [3.63, 3.8) is 0 Å². The van der Waals surface area contributed by atoms with Crippen LogP contribution in [0, 0.1) is 0 Å². The Balaban J connectivity index is 3.89. The van der Waals surface area contributed by atoms with Crippen LogP contribution in [0.1, 0.15) is 26.2 Å². The van der Waals surface area contributed by atoms with E-state index < -0.39 is 0 Å². The number of hydrogen-bond acceptors (Lipinski definition) is 1. The Morgan fingerprint density at radius 2 is 2.06 bits per heavy atom. The van der Waals surface area contributed by atoms with Gasteiger partial charge in [0.1, 0.15) is 0 Å². The van der Waals surface area contributed by atoms with Gasteiger partial charge in [0, 0.05) is 17.6 Å². The van der Waals surface area contributed by atoms with Gasteiger partial charge in [0.15, 0.2) is 0 Å². The smallest absolute Gasteiger partial charge is 0.0356 e. The Kier molecular flexibility index (Phi) is 9.02. The Labute approximate surface area is 108 Å². The second kappa shape index (κ2) is 9.46. The van der Waals surface area contributed by atoms with Gasteiger partial charge in [-0.1, -0.05) is 47.3 Å². The van der Waals surface area contributed by atoms with E-state index >= 15 is 0 Å². The van der Waals surface area contributed by atoms with Gasteiger partial charge in [-0.2, -0.15) is 0 Å². The molecule has 0 aliphatic rings. The van der Waals surface area contributed by atoms with Gasteiger partial charge in [0.2, 0.25) is 0 Å². The van der Waals surface area contributed by atoms with Gasteiger partial charge in [-0.25, -0.2) is 0 Å². The molecule has 0 N–H and O–H groups in total. The van der Waals surface area contributed by atoms with Crippen LogP contribution in [0.25, 0.3) is 0 Å². The average molecular weight is 284 g/mol. The third kappa shape index (κ3) is 7.52. The van der Waals surface area contributed by atoms with E-state index in [4.69, 9.17) is 0 Å². The third-order valence-electron chi connectivity index (χ3n) is 2.22. The molecule has 0 aromatic rings. The molecule has 0 rings (SSSR count). The van der Waals surface area contributed by atoms with Crippen molar-refractivity contribution in [2.24, 2.45) is 0 Å². The van der Waals surface area contributed by atoms with E-state index in [0.29, 0.717) is 4.83 Å². The summed E-state index contributed by atoms with van der Waals surface area (Å²) in [5, 5.41) is 0. The summed E-state index contributed by atoms with van der Waals surface area (Å²) in [7, 11) is 1.98. The van der Waals surface area contributed by atoms with Gasteiger partial charge in [-0.15, -0.1) is 0 Å². The lowest BCUT2D eigenvalue weighted by atomic mass is 10.2. The largest absolute Gasteiger partial charge is 0.352 e. The second-order valence-electron chi connectivity index (χ2n) is 3.66. The lowest BCUT2D eigenvalue weighted by Crippen LogP contribution is -2.07. The average Bonchev–Trinajstić information content (AvgIpc) is 2.27. The highest BCUT2D eigenvalue weighted by atomic mass is 79.9. The number of likely N-dealkylation sites (N-methyl/N-ethyl adjacent to an activating group) is 1. The quantitative estimate of drug-likeness (QED) is 0.271. The van der Waals surface area contributed by atoms with Gasteiger partial charge >= 0.3 is 0 Å².